The van der Waals surface area contributed by atoms with Gasteiger partial charge in [-0.2, -0.15) is 0 Å². The Balaban J connectivity index is 5.47. The first-order chi connectivity index (χ1) is 50.7. The molecule has 0 aliphatic rings. The van der Waals surface area contributed by atoms with Crippen LogP contribution in [0.5, 0.6) is 0 Å². The predicted octanol–water partition coefficient (Wildman–Crippen LogP) is 23.0. The topological polar surface area (TPSA) is 237 Å². The minimum atomic E-state index is -5.01. The molecule has 19 heteroatoms. The lowest BCUT2D eigenvalue weighted by atomic mass is 10.1. The molecule has 104 heavy (non-hydrogen) atoms. The molecule has 0 rings (SSSR count). The predicted molar refractivity (Wildman–Crippen MR) is 426 cm³/mol. The summed E-state index contributed by atoms with van der Waals surface area (Å²) < 4.78 is 68.4. The van der Waals surface area contributed by atoms with Crippen LogP contribution in [0.25, 0.3) is 0 Å². The Hall–Kier alpha value is -5.58. The van der Waals surface area contributed by atoms with E-state index in [4.69, 9.17) is 37.0 Å². The Morgan fingerprint density at radius 2 is 0.519 bits per heavy atom. The third-order valence-corrected chi connectivity index (χ3v) is 17.6. The number of ether oxygens (including phenoxy) is 4. The summed E-state index contributed by atoms with van der Waals surface area (Å²) in [6.45, 7) is 4.35. The molecule has 5 atom stereocenters. The Morgan fingerprint density at radius 3 is 0.856 bits per heavy atom. The SMILES string of the molecule is CC/C=C\C/C=C\C/C=C\C/C=C\C/C=C\C/C=C\CCC(=O)OCC(COP(=O)(O)OCC(O)COP(=O)(O)OCC(COC(=O)CCCCCCCCC/C=C\C/C=C\C/C=C\CC)OC(=O)CCCCCCC/C=C\CCCCCC)OC(=O)CCCC/C=C\C/C=C\C/C=C\C/C=C\CC. The van der Waals surface area contributed by atoms with Crippen LogP contribution in [0, 0.1) is 0 Å². The summed E-state index contributed by atoms with van der Waals surface area (Å²) in [5.41, 5.74) is 0. The van der Waals surface area contributed by atoms with Gasteiger partial charge in [0, 0.05) is 25.7 Å². The normalized spacial score (nSPS) is 14.8. The fourth-order valence-corrected chi connectivity index (χ4v) is 11.4. The van der Waals surface area contributed by atoms with Crippen molar-refractivity contribution >= 4 is 39.5 Å². The zero-order valence-electron chi connectivity index (χ0n) is 64.4. The maximum Gasteiger partial charge on any atom is 0.472 e. The number of rotatable bonds is 72. The molecule has 0 bridgehead atoms. The van der Waals surface area contributed by atoms with Gasteiger partial charge in [0.2, 0.25) is 0 Å². The average molecular weight is 1490 g/mol. The highest BCUT2D eigenvalue weighted by atomic mass is 31.2. The maximum absolute atomic E-state index is 13.1. The van der Waals surface area contributed by atoms with Crippen LogP contribution in [-0.2, 0) is 65.4 Å². The van der Waals surface area contributed by atoms with Crippen LogP contribution in [0.3, 0.4) is 0 Å². The lowest BCUT2D eigenvalue weighted by molar-refractivity contribution is -0.161. The number of esters is 4. The molecule has 0 radical (unpaired) electrons. The first-order valence-electron chi connectivity index (χ1n) is 39.4. The fraction of sp³-hybridized carbons (Fsp3) is 0.624. The number of phosphoric acid groups is 2. The smallest absolute Gasteiger partial charge is 0.462 e. The largest absolute Gasteiger partial charge is 0.472 e. The number of aliphatic hydroxyl groups excluding tert-OH is 1. The molecule has 0 saturated carbocycles. The van der Waals surface area contributed by atoms with Gasteiger partial charge >= 0.3 is 39.5 Å². The highest BCUT2D eigenvalue weighted by Crippen LogP contribution is 2.45. The molecule has 0 aliphatic carbocycles. The first kappa shape index (κ1) is 98.4. The van der Waals surface area contributed by atoms with Gasteiger partial charge in [-0.1, -0.05) is 268 Å². The van der Waals surface area contributed by atoms with Crippen LogP contribution >= 0.6 is 15.6 Å². The summed E-state index contributed by atoms with van der Waals surface area (Å²) in [5, 5.41) is 10.6. The van der Waals surface area contributed by atoms with Gasteiger partial charge in [0.25, 0.3) is 0 Å². The molecular formula is C85H138O17P2. The number of carbonyl (C=O) groups is 4. The molecule has 590 valence electrons. The molecule has 5 unspecified atom stereocenters. The van der Waals surface area contributed by atoms with Crippen LogP contribution in [0.4, 0.5) is 0 Å². The van der Waals surface area contributed by atoms with E-state index in [2.05, 4.69) is 174 Å². The molecule has 0 amide bonds. The molecule has 0 fully saturated rings. The summed E-state index contributed by atoms with van der Waals surface area (Å²) in [6.07, 6.45) is 89.3. The molecule has 0 saturated heterocycles. The average Bonchev–Trinajstić information content (AvgIpc) is 0.911. The molecule has 3 N–H and O–H groups in total. The summed E-state index contributed by atoms with van der Waals surface area (Å²) in [7, 11) is -10.0. The van der Waals surface area contributed by atoms with Crippen LogP contribution in [0.1, 0.15) is 285 Å². The van der Waals surface area contributed by atoms with E-state index in [1.807, 2.05) is 24.3 Å². The molecule has 17 nitrogen and oxygen atoms in total. The van der Waals surface area contributed by atoms with E-state index >= 15 is 0 Å². The van der Waals surface area contributed by atoms with Gasteiger partial charge in [0.05, 0.1) is 26.4 Å². The van der Waals surface area contributed by atoms with E-state index in [9.17, 15) is 43.2 Å². The third-order valence-electron chi connectivity index (χ3n) is 15.7. The van der Waals surface area contributed by atoms with Gasteiger partial charge in [-0.15, -0.1) is 0 Å². The summed E-state index contributed by atoms with van der Waals surface area (Å²) in [5.74, 6) is -2.35. The number of hydrogen-bond acceptors (Lipinski definition) is 15. The zero-order chi connectivity index (χ0) is 76.0. The number of aliphatic hydroxyl groups is 1. The van der Waals surface area contributed by atoms with Crippen LogP contribution in [-0.4, -0.2) is 96.7 Å². The number of unbranched alkanes of at least 4 members (excludes halogenated alkanes) is 18. The molecule has 0 heterocycles. The van der Waals surface area contributed by atoms with Gasteiger partial charge in [-0.25, -0.2) is 9.13 Å². The van der Waals surface area contributed by atoms with Crippen LogP contribution in [0.15, 0.2) is 170 Å². The number of carbonyl (C=O) groups excluding carboxylic acids is 4. The van der Waals surface area contributed by atoms with E-state index in [-0.39, 0.29) is 25.7 Å². The van der Waals surface area contributed by atoms with Crippen molar-refractivity contribution in [1.82, 2.24) is 0 Å². The molecule has 0 aromatic carbocycles. The van der Waals surface area contributed by atoms with Crippen molar-refractivity contribution in [2.24, 2.45) is 0 Å². The van der Waals surface area contributed by atoms with Crippen molar-refractivity contribution < 1.29 is 80.2 Å². The van der Waals surface area contributed by atoms with Gasteiger partial charge in [0.15, 0.2) is 12.2 Å². The highest BCUT2D eigenvalue weighted by molar-refractivity contribution is 7.47. The van der Waals surface area contributed by atoms with Crippen molar-refractivity contribution in [1.29, 1.82) is 0 Å². The highest BCUT2D eigenvalue weighted by Gasteiger charge is 2.30. The molecule has 0 aromatic rings. The van der Waals surface area contributed by atoms with Crippen LogP contribution in [0.2, 0.25) is 0 Å². The fourth-order valence-electron chi connectivity index (χ4n) is 9.77. The second-order valence-corrected chi connectivity index (χ2v) is 28.4. The Kier molecular flexibility index (Phi) is 71.6. The van der Waals surface area contributed by atoms with E-state index < -0.39 is 97.5 Å². The van der Waals surface area contributed by atoms with Gasteiger partial charge in [-0.05, 0) is 161 Å². The second kappa shape index (κ2) is 75.6. The third kappa shape index (κ3) is 74.7. The van der Waals surface area contributed by atoms with Crippen molar-refractivity contribution in [3.8, 4) is 0 Å². The first-order valence-corrected chi connectivity index (χ1v) is 42.4. The summed E-state index contributed by atoms with van der Waals surface area (Å²) in [4.78, 5) is 72.9. The van der Waals surface area contributed by atoms with Gasteiger partial charge in [0.1, 0.15) is 19.3 Å². The molecule has 0 aliphatic heterocycles. The van der Waals surface area contributed by atoms with E-state index in [0.29, 0.717) is 38.5 Å². The maximum atomic E-state index is 13.1. The number of allylic oxidation sites excluding steroid dienone is 28. The molecule has 0 spiro atoms. The lowest BCUT2D eigenvalue weighted by Crippen LogP contribution is -2.30. The van der Waals surface area contributed by atoms with E-state index in [1.54, 1.807) is 0 Å². The number of phosphoric ester groups is 2. The Morgan fingerprint density at radius 1 is 0.279 bits per heavy atom. The minimum Gasteiger partial charge on any atom is -0.462 e. The lowest BCUT2D eigenvalue weighted by Gasteiger charge is -2.21. The Labute approximate surface area is 629 Å². The van der Waals surface area contributed by atoms with E-state index in [1.165, 1.54) is 25.7 Å². The second-order valence-electron chi connectivity index (χ2n) is 25.5. The minimum absolute atomic E-state index is 0.0205. The van der Waals surface area contributed by atoms with Crippen molar-refractivity contribution in [2.45, 2.75) is 303 Å². The monoisotopic (exact) mass is 1490 g/mol. The van der Waals surface area contributed by atoms with Crippen molar-refractivity contribution in [3.05, 3.63) is 170 Å². The van der Waals surface area contributed by atoms with E-state index in [0.717, 1.165) is 167 Å². The van der Waals surface area contributed by atoms with Gasteiger partial charge < -0.3 is 33.8 Å². The standard InChI is InChI=1S/C85H138O17P2/c1-5-9-13-17-21-25-29-33-36-38-39-41-44-47-50-54-58-62-66-70-83(88)96-76-81(102-85(90)72-68-64-60-56-52-48-42-35-31-27-23-19-15-11-7-3)78-100-104(93,94)98-74-79(86)73-97-103(91,92)99-77-80(101-84(89)71-67-63-59-55-51-45-32-28-24-20-16-12-8-4)75-95-82(87)69-65-61-57-53-49-46-43-40-37-34-30-26-22-18-14-10-6-2/h9-11,13-15,21-23,25-28,32-37,39,41-42,47,50,52,56,58,62,79-81,86H,5-8,12,16-20,24,29-31,38,40,43-46,48-49,51,53-55,57,59-61,63-78H2,1-4H3,(H,91,92)(H,93,94)/b13-9-,14-10-,15-11-,25-21-,26-22-,27-23-,32-28-,36-33-,37-34-,41-39-,42-35-,50-47-,56-52-,62-58-. The Bertz CT molecular complexity index is 2640. The zero-order valence-corrected chi connectivity index (χ0v) is 66.2. The number of hydrogen-bond donors (Lipinski definition) is 3. The van der Waals surface area contributed by atoms with Crippen molar-refractivity contribution in [2.75, 3.05) is 39.6 Å². The van der Waals surface area contributed by atoms with Gasteiger partial charge in [-0.3, -0.25) is 37.3 Å². The summed E-state index contributed by atoms with van der Waals surface area (Å²) in [6, 6.07) is 0. The van der Waals surface area contributed by atoms with Crippen LogP contribution < -0.4 is 0 Å². The quantitative estimate of drug-likeness (QED) is 0.0169. The van der Waals surface area contributed by atoms with Crippen molar-refractivity contribution in [3.63, 3.8) is 0 Å². The summed E-state index contributed by atoms with van der Waals surface area (Å²) >= 11 is 0. The molecular weight excluding hydrogens is 1350 g/mol. The molecule has 0 aromatic heterocycles.